The third-order valence-corrected chi connectivity index (χ3v) is 6.24. The molecule has 2 amide bonds. The van der Waals surface area contributed by atoms with Gasteiger partial charge in [-0.15, -0.1) is 11.8 Å². The maximum absolute atomic E-state index is 13.2. The predicted octanol–water partition coefficient (Wildman–Crippen LogP) is 4.64. The van der Waals surface area contributed by atoms with Crippen molar-refractivity contribution >= 4 is 35.0 Å². The highest BCUT2D eigenvalue weighted by Crippen LogP contribution is 2.28. The number of amides is 2. The van der Waals surface area contributed by atoms with E-state index in [4.69, 9.17) is 0 Å². The molecule has 0 bridgehead atoms. The van der Waals surface area contributed by atoms with Crippen LogP contribution in [0.1, 0.15) is 32.1 Å². The van der Waals surface area contributed by atoms with E-state index in [-0.39, 0.29) is 30.9 Å². The van der Waals surface area contributed by atoms with Crippen LogP contribution in [0.2, 0.25) is 0 Å². The Hall–Kier alpha value is -2.31. The van der Waals surface area contributed by atoms with Crippen LogP contribution < -0.4 is 10.2 Å². The number of carbonyl (C=O) groups is 2. The van der Waals surface area contributed by atoms with E-state index < -0.39 is 0 Å². The number of thioether (sulfide) groups is 1. The third-order valence-electron chi connectivity index (χ3n) is 5.44. The number of hydrogen-bond acceptors (Lipinski definition) is 4. The normalized spacial score (nSPS) is 14.5. The van der Waals surface area contributed by atoms with Crippen molar-refractivity contribution in [3.05, 3.63) is 54.6 Å². The Morgan fingerprint density at radius 3 is 2.33 bits per heavy atom. The Morgan fingerprint density at radius 2 is 1.63 bits per heavy atom. The Bertz CT molecular complexity index is 837. The minimum atomic E-state index is -0.115. The van der Waals surface area contributed by atoms with Crippen LogP contribution in [0.3, 0.4) is 0 Å². The zero-order chi connectivity index (χ0) is 21.3. The fourth-order valence-corrected chi connectivity index (χ4v) is 4.59. The summed E-state index contributed by atoms with van der Waals surface area (Å²) in [5.74, 6) is -0.0661. The molecule has 6 heteroatoms. The van der Waals surface area contributed by atoms with Gasteiger partial charge in [-0.2, -0.15) is 0 Å². The quantitative estimate of drug-likeness (QED) is 0.626. The van der Waals surface area contributed by atoms with Crippen molar-refractivity contribution in [2.75, 3.05) is 36.6 Å². The summed E-state index contributed by atoms with van der Waals surface area (Å²) in [4.78, 5) is 30.5. The number of likely N-dealkylation sites (N-methyl/N-ethyl adjacent to an activating group) is 1. The molecule has 0 unspecified atom stereocenters. The molecule has 2 aromatic rings. The lowest BCUT2D eigenvalue weighted by molar-refractivity contribution is -0.121. The van der Waals surface area contributed by atoms with Crippen molar-refractivity contribution in [3.63, 3.8) is 0 Å². The summed E-state index contributed by atoms with van der Waals surface area (Å²) in [5.41, 5.74) is 1.75. The molecule has 30 heavy (non-hydrogen) atoms. The number of para-hydroxylation sites is 2. The number of anilines is 2. The van der Waals surface area contributed by atoms with Gasteiger partial charge in [-0.25, -0.2) is 0 Å². The van der Waals surface area contributed by atoms with Gasteiger partial charge in [0.15, 0.2) is 0 Å². The summed E-state index contributed by atoms with van der Waals surface area (Å²) in [6.45, 7) is 0.380. The standard InChI is InChI=1S/C24H31N3O2S/c1-26(17-23(28)25-21-15-9-10-16-22(21)30-2)18-24(29)27(19-11-5-3-6-12-19)20-13-7-4-8-14-20/h3,5-6,9-12,15-16,20H,4,7-8,13-14,17-18H2,1-2H3,(H,25,28). The molecule has 0 heterocycles. The molecule has 1 aliphatic rings. The number of benzene rings is 2. The predicted molar refractivity (Wildman–Crippen MR) is 125 cm³/mol. The van der Waals surface area contributed by atoms with Gasteiger partial charge in [0.05, 0.1) is 18.8 Å². The van der Waals surface area contributed by atoms with Crippen LogP contribution in [0.25, 0.3) is 0 Å². The maximum atomic E-state index is 13.2. The highest BCUT2D eigenvalue weighted by molar-refractivity contribution is 7.98. The molecule has 160 valence electrons. The number of rotatable bonds is 8. The Morgan fingerprint density at radius 1 is 0.967 bits per heavy atom. The van der Waals surface area contributed by atoms with Crippen molar-refractivity contribution in [1.29, 1.82) is 0 Å². The van der Waals surface area contributed by atoms with Crippen molar-refractivity contribution in [2.45, 2.75) is 43.0 Å². The van der Waals surface area contributed by atoms with E-state index in [0.29, 0.717) is 0 Å². The first-order valence-electron chi connectivity index (χ1n) is 10.6. The van der Waals surface area contributed by atoms with E-state index in [1.165, 1.54) is 6.42 Å². The Kier molecular flexibility index (Phi) is 8.34. The number of hydrogen-bond donors (Lipinski definition) is 1. The average Bonchev–Trinajstić information content (AvgIpc) is 2.75. The lowest BCUT2D eigenvalue weighted by atomic mass is 9.93. The monoisotopic (exact) mass is 425 g/mol. The molecule has 0 aromatic heterocycles. The van der Waals surface area contributed by atoms with Crippen LogP contribution in [-0.4, -0.2) is 49.1 Å². The van der Waals surface area contributed by atoms with Crippen molar-refractivity contribution in [3.8, 4) is 0 Å². The number of nitrogens with zero attached hydrogens (tertiary/aromatic N) is 2. The van der Waals surface area contributed by atoms with Crippen molar-refractivity contribution < 1.29 is 9.59 Å². The fraction of sp³-hybridized carbons (Fsp3) is 0.417. The first-order valence-corrected chi connectivity index (χ1v) is 11.8. The first kappa shape index (κ1) is 22.4. The summed E-state index contributed by atoms with van der Waals surface area (Å²) in [5, 5.41) is 2.96. The lowest BCUT2D eigenvalue weighted by Crippen LogP contribution is -2.47. The molecule has 0 atom stereocenters. The lowest BCUT2D eigenvalue weighted by Gasteiger charge is -2.35. The van der Waals surface area contributed by atoms with E-state index in [1.807, 2.05) is 72.8 Å². The molecule has 1 saturated carbocycles. The zero-order valence-electron chi connectivity index (χ0n) is 17.8. The molecular formula is C24H31N3O2S. The molecule has 3 rings (SSSR count). The van der Waals surface area contributed by atoms with Gasteiger partial charge in [-0.05, 0) is 50.4 Å². The Balaban J connectivity index is 1.62. The maximum Gasteiger partial charge on any atom is 0.241 e. The van der Waals surface area contributed by atoms with Gasteiger partial charge in [-0.1, -0.05) is 49.6 Å². The molecule has 2 aromatic carbocycles. The number of carbonyl (C=O) groups excluding carboxylic acids is 2. The van der Waals surface area contributed by atoms with Crippen LogP contribution >= 0.6 is 11.8 Å². The molecule has 0 aliphatic heterocycles. The molecule has 0 spiro atoms. The van der Waals surface area contributed by atoms with Crippen molar-refractivity contribution in [2.24, 2.45) is 0 Å². The first-order chi connectivity index (χ1) is 14.6. The van der Waals surface area contributed by atoms with Crippen LogP contribution in [0.15, 0.2) is 59.5 Å². The number of nitrogens with one attached hydrogen (secondary N) is 1. The topological polar surface area (TPSA) is 52.7 Å². The third kappa shape index (κ3) is 6.09. The van der Waals surface area contributed by atoms with E-state index in [2.05, 4.69) is 5.32 Å². The highest BCUT2D eigenvalue weighted by Gasteiger charge is 2.27. The van der Waals surface area contributed by atoms with Gasteiger partial charge in [0, 0.05) is 16.6 Å². The SMILES string of the molecule is CSc1ccccc1NC(=O)CN(C)CC(=O)N(c1ccccc1)C1CCCCC1. The zero-order valence-corrected chi connectivity index (χ0v) is 18.7. The van der Waals surface area contributed by atoms with Gasteiger partial charge >= 0.3 is 0 Å². The van der Waals surface area contributed by atoms with E-state index in [9.17, 15) is 9.59 Å². The smallest absolute Gasteiger partial charge is 0.241 e. The van der Waals surface area contributed by atoms with Gasteiger partial charge in [0.1, 0.15) is 0 Å². The summed E-state index contributed by atoms with van der Waals surface area (Å²) in [7, 11) is 1.82. The minimum absolute atomic E-state index is 0.0490. The molecule has 0 saturated heterocycles. The van der Waals surface area contributed by atoms with Crippen LogP contribution in [0.4, 0.5) is 11.4 Å². The van der Waals surface area contributed by atoms with Gasteiger partial charge in [0.2, 0.25) is 11.8 Å². The van der Waals surface area contributed by atoms with E-state index >= 15 is 0 Å². The van der Waals surface area contributed by atoms with Gasteiger partial charge < -0.3 is 10.2 Å². The van der Waals surface area contributed by atoms with Crippen LogP contribution in [0.5, 0.6) is 0 Å². The molecular weight excluding hydrogens is 394 g/mol. The van der Waals surface area contributed by atoms with Crippen LogP contribution in [0, 0.1) is 0 Å². The Labute approximate surface area is 183 Å². The molecule has 1 fully saturated rings. The largest absolute Gasteiger partial charge is 0.324 e. The van der Waals surface area contributed by atoms with Gasteiger partial charge in [0.25, 0.3) is 0 Å². The molecule has 1 aliphatic carbocycles. The molecule has 5 nitrogen and oxygen atoms in total. The summed E-state index contributed by atoms with van der Waals surface area (Å²) in [6, 6.07) is 17.9. The van der Waals surface area contributed by atoms with Crippen LogP contribution in [-0.2, 0) is 9.59 Å². The second-order valence-corrected chi connectivity index (χ2v) is 8.66. The second-order valence-electron chi connectivity index (χ2n) is 7.81. The second kappa shape index (κ2) is 11.2. The summed E-state index contributed by atoms with van der Waals surface area (Å²) >= 11 is 1.60. The van der Waals surface area contributed by atoms with Crippen molar-refractivity contribution in [1.82, 2.24) is 4.90 Å². The summed E-state index contributed by atoms with van der Waals surface area (Å²) < 4.78 is 0. The molecule has 0 radical (unpaired) electrons. The highest BCUT2D eigenvalue weighted by atomic mass is 32.2. The van der Waals surface area contributed by atoms with E-state index in [0.717, 1.165) is 42.0 Å². The van der Waals surface area contributed by atoms with E-state index in [1.54, 1.807) is 16.7 Å². The summed E-state index contributed by atoms with van der Waals surface area (Å²) in [6.07, 6.45) is 7.62. The molecule has 1 N–H and O–H groups in total. The minimum Gasteiger partial charge on any atom is -0.324 e. The van der Waals surface area contributed by atoms with Gasteiger partial charge in [-0.3, -0.25) is 14.5 Å². The average molecular weight is 426 g/mol. The fourth-order valence-electron chi connectivity index (χ4n) is 4.03.